The highest BCUT2D eigenvalue weighted by molar-refractivity contribution is 9.10. The molecule has 0 spiro atoms. The summed E-state index contributed by atoms with van der Waals surface area (Å²) in [6, 6.07) is 1.50. The molecular formula is C11H14BrN5O2S. The van der Waals surface area contributed by atoms with Gasteiger partial charge in [0.05, 0.1) is 6.54 Å². The van der Waals surface area contributed by atoms with Crippen LogP contribution >= 0.6 is 15.9 Å². The Morgan fingerprint density at radius 1 is 1.40 bits per heavy atom. The Balaban J connectivity index is 2.26. The molecule has 0 aliphatic rings. The lowest BCUT2D eigenvalue weighted by molar-refractivity contribution is 0.577. The minimum absolute atomic E-state index is 0.0867. The lowest BCUT2D eigenvalue weighted by Crippen LogP contribution is -2.25. The van der Waals surface area contributed by atoms with Crippen molar-refractivity contribution >= 4 is 31.8 Å². The number of rotatable bonds is 5. The number of anilines is 1. The molecule has 2 aromatic heterocycles. The summed E-state index contributed by atoms with van der Waals surface area (Å²) < 4.78 is 29.5. The second-order valence-electron chi connectivity index (χ2n) is 4.03. The molecular weight excluding hydrogens is 346 g/mol. The van der Waals surface area contributed by atoms with E-state index in [1.54, 1.807) is 31.1 Å². The Kier molecular flexibility index (Phi) is 4.41. The molecule has 0 fully saturated rings. The molecule has 2 N–H and O–H groups in total. The summed E-state index contributed by atoms with van der Waals surface area (Å²) in [5.74, 6) is 0.920. The highest BCUT2D eigenvalue weighted by Gasteiger charge is 2.20. The van der Waals surface area contributed by atoms with Crippen LogP contribution < -0.4 is 10.0 Å². The van der Waals surface area contributed by atoms with E-state index in [0.29, 0.717) is 16.1 Å². The molecule has 0 saturated heterocycles. The van der Waals surface area contributed by atoms with Crippen LogP contribution in [0.15, 0.2) is 34.0 Å². The van der Waals surface area contributed by atoms with Crippen LogP contribution in [-0.2, 0) is 23.6 Å². The van der Waals surface area contributed by atoms with Crippen LogP contribution in [0.2, 0.25) is 0 Å². The number of sulfonamides is 1. The van der Waals surface area contributed by atoms with E-state index in [9.17, 15) is 8.42 Å². The van der Waals surface area contributed by atoms with Gasteiger partial charge in [0.15, 0.2) is 0 Å². The summed E-state index contributed by atoms with van der Waals surface area (Å²) in [4.78, 5) is 8.18. The second-order valence-corrected chi connectivity index (χ2v) is 6.68. The van der Waals surface area contributed by atoms with Gasteiger partial charge in [-0.3, -0.25) is 0 Å². The average molecular weight is 360 g/mol. The zero-order valence-corrected chi connectivity index (χ0v) is 13.4. The van der Waals surface area contributed by atoms with E-state index < -0.39 is 10.0 Å². The van der Waals surface area contributed by atoms with Gasteiger partial charge >= 0.3 is 0 Å². The van der Waals surface area contributed by atoms with E-state index in [0.717, 1.165) is 0 Å². The first-order chi connectivity index (χ1) is 9.44. The molecule has 2 rings (SSSR count). The second kappa shape index (κ2) is 5.90. The van der Waals surface area contributed by atoms with Crippen molar-refractivity contribution in [2.45, 2.75) is 11.4 Å². The van der Waals surface area contributed by atoms with Gasteiger partial charge in [-0.05, 0) is 22.0 Å². The molecule has 108 valence electrons. The lowest BCUT2D eigenvalue weighted by atomic mass is 10.4. The summed E-state index contributed by atoms with van der Waals surface area (Å²) in [5, 5.41) is 2.76. The van der Waals surface area contributed by atoms with E-state index in [-0.39, 0.29) is 11.4 Å². The third-order valence-corrected chi connectivity index (χ3v) is 4.54. The largest absolute Gasteiger partial charge is 0.372 e. The summed E-state index contributed by atoms with van der Waals surface area (Å²) in [6.07, 6.45) is 4.90. The van der Waals surface area contributed by atoms with Gasteiger partial charge in [0.25, 0.3) is 0 Å². The Labute approximate surface area is 125 Å². The van der Waals surface area contributed by atoms with Crippen LogP contribution in [0.25, 0.3) is 0 Å². The maximum Gasteiger partial charge on any atom is 0.244 e. The highest BCUT2D eigenvalue weighted by atomic mass is 79.9. The van der Waals surface area contributed by atoms with Gasteiger partial charge in [-0.15, -0.1) is 0 Å². The molecule has 0 atom stereocenters. The van der Waals surface area contributed by atoms with Crippen molar-refractivity contribution in [2.24, 2.45) is 7.05 Å². The van der Waals surface area contributed by atoms with Gasteiger partial charge in [-0.2, -0.15) is 0 Å². The highest BCUT2D eigenvalue weighted by Crippen LogP contribution is 2.22. The van der Waals surface area contributed by atoms with Crippen molar-refractivity contribution in [3.05, 3.63) is 35.0 Å². The van der Waals surface area contributed by atoms with Gasteiger partial charge in [0.1, 0.15) is 16.5 Å². The Hall–Kier alpha value is -1.45. The lowest BCUT2D eigenvalue weighted by Gasteiger charge is -2.10. The number of imidazole rings is 1. The molecule has 0 radical (unpaired) electrons. The van der Waals surface area contributed by atoms with Crippen molar-refractivity contribution in [3.63, 3.8) is 0 Å². The molecule has 0 amide bonds. The number of aromatic nitrogens is 3. The minimum atomic E-state index is -3.68. The Morgan fingerprint density at radius 3 is 2.75 bits per heavy atom. The van der Waals surface area contributed by atoms with Gasteiger partial charge < -0.3 is 9.88 Å². The summed E-state index contributed by atoms with van der Waals surface area (Å²) in [7, 11) is -0.256. The minimum Gasteiger partial charge on any atom is -0.372 e. The third kappa shape index (κ3) is 3.17. The van der Waals surface area contributed by atoms with E-state index in [2.05, 4.69) is 35.9 Å². The summed E-state index contributed by atoms with van der Waals surface area (Å²) in [6.45, 7) is 0.113. The summed E-state index contributed by atoms with van der Waals surface area (Å²) in [5.41, 5.74) is 0. The molecule has 0 aliphatic carbocycles. The summed E-state index contributed by atoms with van der Waals surface area (Å²) >= 11 is 3.22. The first-order valence-electron chi connectivity index (χ1n) is 5.73. The SMILES string of the molecule is CNc1ncc(Br)cc1S(=O)(=O)NCc1nccn1C. The first-order valence-corrected chi connectivity index (χ1v) is 8.01. The van der Waals surface area contributed by atoms with Crippen LogP contribution in [0, 0.1) is 0 Å². The van der Waals surface area contributed by atoms with Crippen LogP contribution in [0.3, 0.4) is 0 Å². The normalized spacial score (nSPS) is 11.6. The van der Waals surface area contributed by atoms with Gasteiger partial charge in [-0.25, -0.2) is 23.1 Å². The molecule has 0 bridgehead atoms. The Bertz CT molecular complexity index is 713. The fraction of sp³-hybridized carbons (Fsp3) is 0.273. The number of aryl methyl sites for hydroxylation is 1. The van der Waals surface area contributed by atoms with Crippen LogP contribution in [0.1, 0.15) is 5.82 Å². The van der Waals surface area contributed by atoms with Crippen molar-refractivity contribution in [2.75, 3.05) is 12.4 Å². The maximum absolute atomic E-state index is 12.3. The van der Waals surface area contributed by atoms with E-state index in [1.165, 1.54) is 12.3 Å². The quantitative estimate of drug-likeness (QED) is 0.834. The predicted octanol–water partition coefficient (Wildman–Crippen LogP) is 1.10. The van der Waals surface area contributed by atoms with Crippen molar-refractivity contribution < 1.29 is 8.42 Å². The van der Waals surface area contributed by atoms with E-state index >= 15 is 0 Å². The smallest absolute Gasteiger partial charge is 0.244 e. The fourth-order valence-corrected chi connectivity index (χ4v) is 3.27. The number of hydrogen-bond acceptors (Lipinski definition) is 5. The standard InChI is InChI=1S/C11H14BrN5O2S/c1-13-11-9(5-8(12)6-15-11)20(18,19)16-7-10-14-3-4-17(10)2/h3-6,16H,7H2,1-2H3,(H,13,15). The van der Waals surface area contributed by atoms with Crippen LogP contribution in [0.5, 0.6) is 0 Å². The number of nitrogens with one attached hydrogen (secondary N) is 2. The molecule has 0 aliphatic heterocycles. The maximum atomic E-state index is 12.3. The predicted molar refractivity (Wildman–Crippen MR) is 78.7 cm³/mol. The van der Waals surface area contributed by atoms with Gasteiger partial charge in [0.2, 0.25) is 10.0 Å². The molecule has 9 heteroatoms. The number of pyridine rings is 1. The first kappa shape index (κ1) is 14.9. The molecule has 0 aromatic carbocycles. The van der Waals surface area contributed by atoms with Crippen molar-refractivity contribution in [3.8, 4) is 0 Å². The molecule has 0 saturated carbocycles. The third-order valence-electron chi connectivity index (χ3n) is 2.69. The zero-order chi connectivity index (χ0) is 14.8. The molecule has 2 heterocycles. The number of nitrogens with zero attached hydrogens (tertiary/aromatic N) is 3. The monoisotopic (exact) mass is 359 g/mol. The number of halogens is 1. The van der Waals surface area contributed by atoms with Gasteiger partial charge in [-0.1, -0.05) is 0 Å². The average Bonchev–Trinajstić information content (AvgIpc) is 2.82. The molecule has 7 nitrogen and oxygen atoms in total. The van der Waals surface area contributed by atoms with Crippen molar-refractivity contribution in [1.82, 2.24) is 19.3 Å². The van der Waals surface area contributed by atoms with Crippen LogP contribution in [-0.4, -0.2) is 30.0 Å². The molecule has 0 unspecified atom stereocenters. The molecule has 2 aromatic rings. The van der Waals surface area contributed by atoms with E-state index in [1.807, 2.05) is 0 Å². The topological polar surface area (TPSA) is 88.9 Å². The Morgan fingerprint density at radius 2 is 2.15 bits per heavy atom. The van der Waals surface area contributed by atoms with Crippen LogP contribution in [0.4, 0.5) is 5.82 Å². The van der Waals surface area contributed by atoms with Crippen molar-refractivity contribution in [1.29, 1.82) is 0 Å². The number of hydrogen-bond donors (Lipinski definition) is 2. The zero-order valence-electron chi connectivity index (χ0n) is 11.0. The fourth-order valence-electron chi connectivity index (χ4n) is 1.62. The van der Waals surface area contributed by atoms with E-state index in [4.69, 9.17) is 0 Å². The van der Waals surface area contributed by atoms with Gasteiger partial charge in [0, 0.05) is 37.2 Å². The molecule has 20 heavy (non-hydrogen) atoms.